The Morgan fingerprint density at radius 1 is 1.35 bits per heavy atom. The molecule has 2 aromatic heterocycles. The van der Waals surface area contributed by atoms with Gasteiger partial charge in [0.1, 0.15) is 4.88 Å². The van der Waals surface area contributed by atoms with Crippen LogP contribution in [0.4, 0.5) is 4.79 Å². The van der Waals surface area contributed by atoms with E-state index in [9.17, 15) is 9.59 Å². The number of urea groups is 1. The Kier molecular flexibility index (Phi) is 4.51. The maximum absolute atomic E-state index is 11.3. The summed E-state index contributed by atoms with van der Waals surface area (Å²) < 4.78 is 6.52. The molecule has 0 bridgehead atoms. The zero-order valence-corrected chi connectivity index (χ0v) is 13.8. The monoisotopic (exact) mass is 368 g/mol. The van der Waals surface area contributed by atoms with Gasteiger partial charge in [0, 0.05) is 10.1 Å². The lowest BCUT2D eigenvalue weighted by Gasteiger charge is -1.97. The quantitative estimate of drug-likeness (QED) is 0.685. The summed E-state index contributed by atoms with van der Waals surface area (Å²) in [5, 5.41) is 11.4. The molecule has 3 rings (SSSR count). The van der Waals surface area contributed by atoms with E-state index in [0.717, 1.165) is 21.8 Å². The summed E-state index contributed by atoms with van der Waals surface area (Å²) in [5.41, 5.74) is 4.85. The van der Waals surface area contributed by atoms with Crippen LogP contribution in [-0.4, -0.2) is 27.9 Å². The second kappa shape index (κ2) is 6.57. The number of fused-ring (bicyclic) bond motifs is 1. The van der Waals surface area contributed by atoms with Gasteiger partial charge in [-0.25, -0.2) is 4.79 Å². The van der Waals surface area contributed by atoms with E-state index in [4.69, 9.17) is 21.8 Å². The maximum atomic E-state index is 11.3. The molecule has 10 heteroatoms. The first-order valence-corrected chi connectivity index (χ1v) is 8.45. The molecule has 1 aromatic carbocycles. The van der Waals surface area contributed by atoms with Crippen molar-refractivity contribution < 1.29 is 14.0 Å². The number of amides is 3. The van der Waals surface area contributed by atoms with Gasteiger partial charge in [-0.15, -0.1) is 21.5 Å². The standard InChI is InChI=1S/C13H9ClN4O3S2/c14-9-6-3-1-2-4-7(6)23-10(9)11-17-18-13(21-11)22-5-8(19)16-12(15)20/h1-4H,5H2,(H3,15,16,19,20). The minimum Gasteiger partial charge on any atom is -0.410 e. The van der Waals surface area contributed by atoms with Gasteiger partial charge in [-0.3, -0.25) is 10.1 Å². The van der Waals surface area contributed by atoms with Crippen molar-refractivity contribution in [2.75, 3.05) is 5.75 Å². The van der Waals surface area contributed by atoms with Crippen molar-refractivity contribution in [3.63, 3.8) is 0 Å². The van der Waals surface area contributed by atoms with Crippen LogP contribution in [0, 0.1) is 0 Å². The number of carbonyl (C=O) groups excluding carboxylic acids is 2. The lowest BCUT2D eigenvalue weighted by atomic mass is 10.2. The lowest BCUT2D eigenvalue weighted by Crippen LogP contribution is -2.36. The zero-order valence-electron chi connectivity index (χ0n) is 11.4. The molecule has 0 fully saturated rings. The third kappa shape index (κ3) is 3.46. The van der Waals surface area contributed by atoms with E-state index in [1.165, 1.54) is 11.3 Å². The number of nitrogens with zero attached hydrogens (tertiary/aromatic N) is 2. The topological polar surface area (TPSA) is 111 Å². The van der Waals surface area contributed by atoms with E-state index in [1.54, 1.807) is 0 Å². The number of rotatable bonds is 4. The molecule has 3 amide bonds. The zero-order chi connectivity index (χ0) is 16.4. The van der Waals surface area contributed by atoms with Crippen LogP contribution in [0.25, 0.3) is 20.9 Å². The summed E-state index contributed by atoms with van der Waals surface area (Å²) in [4.78, 5) is 22.6. The number of thiophene rings is 1. The molecule has 23 heavy (non-hydrogen) atoms. The van der Waals surface area contributed by atoms with Crippen LogP contribution >= 0.6 is 34.7 Å². The Labute approximate surface area is 143 Å². The second-order valence-corrected chi connectivity index (χ2v) is 6.67. The van der Waals surface area contributed by atoms with Gasteiger partial charge in [-0.1, -0.05) is 41.6 Å². The Bertz CT molecular complexity index is 892. The van der Waals surface area contributed by atoms with Gasteiger partial charge in [0.05, 0.1) is 10.8 Å². The van der Waals surface area contributed by atoms with Crippen molar-refractivity contribution in [2.45, 2.75) is 5.22 Å². The number of aromatic nitrogens is 2. The SMILES string of the molecule is NC(=O)NC(=O)CSc1nnc(-c2sc3ccccc3c2Cl)o1. The lowest BCUT2D eigenvalue weighted by molar-refractivity contribution is -0.117. The Hall–Kier alpha value is -2.10. The number of thioether (sulfide) groups is 1. The number of hydrogen-bond donors (Lipinski definition) is 2. The van der Waals surface area contributed by atoms with Crippen molar-refractivity contribution >= 4 is 56.7 Å². The smallest absolute Gasteiger partial charge is 0.318 e. The van der Waals surface area contributed by atoms with E-state index in [0.29, 0.717) is 9.90 Å². The van der Waals surface area contributed by atoms with Gasteiger partial charge < -0.3 is 10.2 Å². The molecule has 0 aliphatic carbocycles. The highest BCUT2D eigenvalue weighted by molar-refractivity contribution is 7.99. The molecule has 3 aromatic rings. The van der Waals surface area contributed by atoms with E-state index in [2.05, 4.69) is 10.2 Å². The van der Waals surface area contributed by atoms with Crippen molar-refractivity contribution in [3.05, 3.63) is 29.3 Å². The van der Waals surface area contributed by atoms with Crippen molar-refractivity contribution in [1.82, 2.24) is 15.5 Å². The minimum absolute atomic E-state index is 0.0648. The molecular weight excluding hydrogens is 360 g/mol. The summed E-state index contributed by atoms with van der Waals surface area (Å²) in [6.45, 7) is 0. The summed E-state index contributed by atoms with van der Waals surface area (Å²) in [5.74, 6) is -0.318. The molecule has 0 saturated heterocycles. The number of halogens is 1. The molecule has 0 aliphatic rings. The van der Waals surface area contributed by atoms with Gasteiger partial charge in [-0.2, -0.15) is 0 Å². The third-order valence-corrected chi connectivity index (χ3v) is 5.21. The van der Waals surface area contributed by atoms with E-state index >= 15 is 0 Å². The number of imide groups is 1. The summed E-state index contributed by atoms with van der Waals surface area (Å²) in [7, 11) is 0. The third-order valence-electron chi connectivity index (χ3n) is 2.72. The maximum Gasteiger partial charge on any atom is 0.318 e. The van der Waals surface area contributed by atoms with E-state index < -0.39 is 11.9 Å². The first-order valence-electron chi connectivity index (χ1n) is 6.27. The minimum atomic E-state index is -0.904. The molecule has 0 unspecified atom stereocenters. The predicted molar refractivity (Wildman–Crippen MR) is 88.6 cm³/mol. The van der Waals surface area contributed by atoms with Crippen molar-refractivity contribution in [2.24, 2.45) is 5.73 Å². The predicted octanol–water partition coefficient (Wildman–Crippen LogP) is 2.89. The summed E-state index contributed by atoms with van der Waals surface area (Å²) in [6.07, 6.45) is 0. The fourth-order valence-corrected chi connectivity index (χ4v) is 3.81. The van der Waals surface area contributed by atoms with Gasteiger partial charge in [0.2, 0.25) is 5.91 Å². The molecule has 7 nitrogen and oxygen atoms in total. The van der Waals surface area contributed by atoms with Crippen molar-refractivity contribution in [1.29, 1.82) is 0 Å². The molecule has 0 radical (unpaired) electrons. The van der Waals surface area contributed by atoms with Gasteiger partial charge in [0.15, 0.2) is 0 Å². The van der Waals surface area contributed by atoms with Crippen LogP contribution in [0.15, 0.2) is 33.9 Å². The molecule has 118 valence electrons. The fraction of sp³-hybridized carbons (Fsp3) is 0.0769. The molecule has 0 saturated carbocycles. The molecular formula is C13H9ClN4O3S2. The average Bonchev–Trinajstić information content (AvgIpc) is 3.10. The number of nitrogens with two attached hydrogens (primary N) is 1. The number of hydrogen-bond acceptors (Lipinski definition) is 7. The first-order chi connectivity index (χ1) is 11.0. The van der Waals surface area contributed by atoms with Crippen LogP contribution < -0.4 is 11.1 Å². The number of nitrogens with one attached hydrogen (secondary N) is 1. The van der Waals surface area contributed by atoms with Crippen LogP contribution in [0.2, 0.25) is 5.02 Å². The Morgan fingerprint density at radius 3 is 2.87 bits per heavy atom. The van der Waals surface area contributed by atoms with E-state index in [1.807, 2.05) is 29.6 Å². The van der Waals surface area contributed by atoms with Crippen LogP contribution in [0.3, 0.4) is 0 Å². The van der Waals surface area contributed by atoms with Crippen LogP contribution in [-0.2, 0) is 4.79 Å². The summed E-state index contributed by atoms with van der Waals surface area (Å²) in [6, 6.07) is 6.79. The average molecular weight is 369 g/mol. The van der Waals surface area contributed by atoms with Crippen molar-refractivity contribution in [3.8, 4) is 10.8 Å². The molecule has 2 heterocycles. The van der Waals surface area contributed by atoms with Crippen LogP contribution in [0.1, 0.15) is 0 Å². The molecule has 0 spiro atoms. The fourth-order valence-electron chi connectivity index (χ4n) is 1.81. The summed E-state index contributed by atoms with van der Waals surface area (Å²) >= 11 is 8.79. The highest BCUT2D eigenvalue weighted by atomic mass is 35.5. The molecule has 3 N–H and O–H groups in total. The highest BCUT2D eigenvalue weighted by Gasteiger charge is 2.18. The number of benzene rings is 1. The first kappa shape index (κ1) is 15.8. The molecule has 0 aliphatic heterocycles. The highest BCUT2D eigenvalue weighted by Crippen LogP contribution is 2.41. The van der Waals surface area contributed by atoms with Gasteiger partial charge in [0.25, 0.3) is 11.1 Å². The largest absolute Gasteiger partial charge is 0.410 e. The van der Waals surface area contributed by atoms with Gasteiger partial charge in [-0.05, 0) is 6.07 Å². The van der Waals surface area contributed by atoms with E-state index in [-0.39, 0.29) is 16.9 Å². The number of carbonyl (C=O) groups is 2. The number of primary amides is 1. The Balaban J connectivity index is 1.77. The second-order valence-electron chi connectivity index (χ2n) is 4.32. The van der Waals surface area contributed by atoms with Gasteiger partial charge >= 0.3 is 6.03 Å². The van der Waals surface area contributed by atoms with Crippen LogP contribution in [0.5, 0.6) is 0 Å². The normalized spacial score (nSPS) is 10.8. The molecule has 0 atom stereocenters. The Morgan fingerprint density at radius 2 is 2.13 bits per heavy atom.